The molecular weight excluding hydrogens is 426 g/mol. The maximum Gasteiger partial charge on any atom is 0.408 e. The quantitative estimate of drug-likeness (QED) is 0.424. The molecule has 1 fully saturated rings. The SMILES string of the molecule is CC(C)C[C@@H](/C=C/CC(=O)N1CCC[C@H]1C(=O)N[C@@H](C(=O)O)C(C)C)NC(=O)OC(C)(C)C. The van der Waals surface area contributed by atoms with Crippen molar-refractivity contribution in [2.45, 2.75) is 97.9 Å². The van der Waals surface area contributed by atoms with Gasteiger partial charge in [-0.15, -0.1) is 0 Å². The number of carbonyl (C=O) groups is 4. The first-order valence-electron chi connectivity index (χ1n) is 11.7. The fraction of sp³-hybridized carbons (Fsp3) is 0.750. The van der Waals surface area contributed by atoms with Crippen LogP contribution in [0.5, 0.6) is 0 Å². The van der Waals surface area contributed by atoms with Crippen LogP contribution in [-0.2, 0) is 19.1 Å². The molecule has 0 saturated carbocycles. The first kappa shape index (κ1) is 28.5. The molecule has 3 N–H and O–H groups in total. The predicted octanol–water partition coefficient (Wildman–Crippen LogP) is 3.09. The lowest BCUT2D eigenvalue weighted by Gasteiger charge is -2.26. The maximum absolute atomic E-state index is 12.8. The molecule has 1 rings (SSSR count). The minimum Gasteiger partial charge on any atom is -0.480 e. The summed E-state index contributed by atoms with van der Waals surface area (Å²) in [4.78, 5) is 50.5. The number of aliphatic carboxylic acids is 1. The van der Waals surface area contributed by atoms with Crippen LogP contribution < -0.4 is 10.6 Å². The molecule has 3 amide bonds. The molecule has 9 nitrogen and oxygen atoms in total. The van der Waals surface area contributed by atoms with E-state index in [0.717, 1.165) is 0 Å². The monoisotopic (exact) mass is 467 g/mol. The largest absolute Gasteiger partial charge is 0.480 e. The number of amides is 3. The van der Waals surface area contributed by atoms with Crippen LogP contribution in [0, 0.1) is 11.8 Å². The van der Waals surface area contributed by atoms with E-state index in [-0.39, 0.29) is 24.3 Å². The third kappa shape index (κ3) is 10.3. The van der Waals surface area contributed by atoms with Crippen LogP contribution in [-0.4, -0.2) is 64.2 Å². The molecule has 1 aliphatic rings. The lowest BCUT2D eigenvalue weighted by atomic mass is 10.0. The highest BCUT2D eigenvalue weighted by Gasteiger charge is 2.36. The second-order valence-electron chi connectivity index (χ2n) is 10.3. The fourth-order valence-electron chi connectivity index (χ4n) is 3.70. The molecule has 9 heteroatoms. The fourth-order valence-corrected chi connectivity index (χ4v) is 3.70. The van der Waals surface area contributed by atoms with Crippen molar-refractivity contribution >= 4 is 23.9 Å². The summed E-state index contributed by atoms with van der Waals surface area (Å²) in [5.74, 6) is -1.68. The normalized spacial score (nSPS) is 18.5. The van der Waals surface area contributed by atoms with Crippen molar-refractivity contribution in [1.29, 1.82) is 0 Å². The third-order valence-corrected chi connectivity index (χ3v) is 5.19. The van der Waals surface area contributed by atoms with E-state index in [4.69, 9.17) is 4.74 Å². The van der Waals surface area contributed by atoms with Crippen molar-refractivity contribution in [2.75, 3.05) is 6.54 Å². The van der Waals surface area contributed by atoms with E-state index in [0.29, 0.717) is 31.7 Å². The smallest absolute Gasteiger partial charge is 0.408 e. The molecule has 0 radical (unpaired) electrons. The second-order valence-corrected chi connectivity index (χ2v) is 10.3. The van der Waals surface area contributed by atoms with Crippen LogP contribution in [0.4, 0.5) is 4.79 Å². The van der Waals surface area contributed by atoms with E-state index in [9.17, 15) is 24.3 Å². The summed E-state index contributed by atoms with van der Waals surface area (Å²) in [5, 5.41) is 14.7. The summed E-state index contributed by atoms with van der Waals surface area (Å²) >= 11 is 0. The van der Waals surface area contributed by atoms with Crippen LogP contribution >= 0.6 is 0 Å². The van der Waals surface area contributed by atoms with Crippen molar-refractivity contribution in [2.24, 2.45) is 11.8 Å². The first-order valence-corrected chi connectivity index (χ1v) is 11.7. The summed E-state index contributed by atoms with van der Waals surface area (Å²) in [7, 11) is 0. The van der Waals surface area contributed by atoms with E-state index in [2.05, 4.69) is 10.6 Å². The van der Waals surface area contributed by atoms with Gasteiger partial charge in [-0.25, -0.2) is 9.59 Å². The number of rotatable bonds is 10. The lowest BCUT2D eigenvalue weighted by molar-refractivity contribution is -0.144. The molecule has 0 aromatic heterocycles. The van der Waals surface area contributed by atoms with E-state index in [1.165, 1.54) is 4.90 Å². The van der Waals surface area contributed by atoms with Crippen LogP contribution in [0.2, 0.25) is 0 Å². The lowest BCUT2D eigenvalue weighted by Crippen LogP contribution is -2.52. The average molecular weight is 468 g/mol. The van der Waals surface area contributed by atoms with Gasteiger partial charge in [0.2, 0.25) is 11.8 Å². The van der Waals surface area contributed by atoms with Gasteiger partial charge in [-0.3, -0.25) is 9.59 Å². The minimum absolute atomic E-state index is 0.0842. The third-order valence-electron chi connectivity index (χ3n) is 5.19. The van der Waals surface area contributed by atoms with Gasteiger partial charge in [-0.05, 0) is 51.9 Å². The molecule has 33 heavy (non-hydrogen) atoms. The molecule has 0 aromatic carbocycles. The van der Waals surface area contributed by atoms with Crippen LogP contribution in [0.25, 0.3) is 0 Å². The van der Waals surface area contributed by atoms with E-state index in [1.807, 2.05) is 13.8 Å². The number of nitrogens with one attached hydrogen (secondary N) is 2. The Labute approximate surface area is 197 Å². The van der Waals surface area contributed by atoms with E-state index >= 15 is 0 Å². The predicted molar refractivity (Wildman–Crippen MR) is 126 cm³/mol. The van der Waals surface area contributed by atoms with Crippen molar-refractivity contribution in [3.05, 3.63) is 12.2 Å². The molecule has 1 heterocycles. The molecule has 0 spiro atoms. The topological polar surface area (TPSA) is 125 Å². The van der Waals surface area contributed by atoms with Crippen molar-refractivity contribution < 1.29 is 29.0 Å². The van der Waals surface area contributed by atoms with Crippen LogP contribution in [0.15, 0.2) is 12.2 Å². The van der Waals surface area contributed by atoms with Gasteiger partial charge in [0.15, 0.2) is 0 Å². The zero-order valence-electron chi connectivity index (χ0n) is 21.0. The number of hydrogen-bond donors (Lipinski definition) is 3. The van der Waals surface area contributed by atoms with Crippen LogP contribution in [0.1, 0.15) is 74.1 Å². The van der Waals surface area contributed by atoms with Crippen molar-refractivity contribution in [3.8, 4) is 0 Å². The summed E-state index contributed by atoms with van der Waals surface area (Å²) in [6, 6.07) is -1.95. The highest BCUT2D eigenvalue weighted by molar-refractivity contribution is 5.91. The van der Waals surface area contributed by atoms with Crippen molar-refractivity contribution in [3.63, 3.8) is 0 Å². The van der Waals surface area contributed by atoms with E-state index in [1.54, 1.807) is 46.8 Å². The molecule has 1 aliphatic heterocycles. The summed E-state index contributed by atoms with van der Waals surface area (Å²) in [6.07, 6.45) is 4.93. The molecule has 3 atom stereocenters. The van der Waals surface area contributed by atoms with Gasteiger partial charge in [0.1, 0.15) is 17.7 Å². The zero-order chi connectivity index (χ0) is 25.3. The highest BCUT2D eigenvalue weighted by Crippen LogP contribution is 2.20. The summed E-state index contributed by atoms with van der Waals surface area (Å²) in [6.45, 7) is 13.4. The number of carboxylic acid groups (broad SMARTS) is 1. The molecule has 0 aromatic rings. The average Bonchev–Trinajstić information content (AvgIpc) is 3.13. The Kier molecular flexibility index (Phi) is 10.9. The first-order chi connectivity index (χ1) is 15.2. The number of alkyl carbamates (subject to hydrolysis) is 1. The van der Waals surface area contributed by atoms with Gasteiger partial charge >= 0.3 is 12.1 Å². The number of hydrogen-bond acceptors (Lipinski definition) is 5. The molecule has 188 valence electrons. The van der Waals surface area contributed by atoms with Crippen molar-refractivity contribution in [1.82, 2.24) is 15.5 Å². The number of carbonyl (C=O) groups excluding carboxylic acids is 3. The Hall–Kier alpha value is -2.58. The Morgan fingerprint density at radius 3 is 2.27 bits per heavy atom. The van der Waals surface area contributed by atoms with Gasteiger partial charge < -0.3 is 25.4 Å². The van der Waals surface area contributed by atoms with Gasteiger partial charge in [0, 0.05) is 13.0 Å². The van der Waals surface area contributed by atoms with Crippen LogP contribution in [0.3, 0.4) is 0 Å². The molecule has 0 aliphatic carbocycles. The molecule has 0 unspecified atom stereocenters. The number of likely N-dealkylation sites (tertiary alicyclic amines) is 1. The van der Waals surface area contributed by atoms with E-state index < -0.39 is 35.7 Å². The Morgan fingerprint density at radius 1 is 1.12 bits per heavy atom. The minimum atomic E-state index is -1.09. The highest BCUT2D eigenvalue weighted by atomic mass is 16.6. The van der Waals surface area contributed by atoms with Gasteiger partial charge in [0.05, 0.1) is 6.04 Å². The van der Waals surface area contributed by atoms with Gasteiger partial charge in [0.25, 0.3) is 0 Å². The van der Waals surface area contributed by atoms with Gasteiger partial charge in [-0.1, -0.05) is 39.8 Å². The Bertz CT molecular complexity index is 726. The maximum atomic E-state index is 12.8. The Balaban J connectivity index is 2.75. The zero-order valence-corrected chi connectivity index (χ0v) is 21.0. The Morgan fingerprint density at radius 2 is 1.76 bits per heavy atom. The molecular formula is C24H41N3O6. The molecule has 0 bridgehead atoms. The summed E-state index contributed by atoms with van der Waals surface area (Å²) < 4.78 is 5.32. The number of nitrogens with zero attached hydrogens (tertiary/aromatic N) is 1. The second kappa shape index (κ2) is 12.6. The van der Waals surface area contributed by atoms with Gasteiger partial charge in [-0.2, -0.15) is 0 Å². The summed E-state index contributed by atoms with van der Waals surface area (Å²) in [5.41, 5.74) is -0.604. The number of ether oxygens (including phenoxy) is 1. The number of carboxylic acids is 1. The standard InChI is InChI=1S/C24H41N3O6/c1-15(2)14-17(25-23(32)33-24(5,6)7)10-8-12-19(28)27-13-9-11-18(27)21(29)26-20(16(3)4)22(30)31/h8,10,15-18,20H,9,11-14H2,1-7H3,(H,25,32)(H,26,29)(H,30,31)/b10-8+/t17-,18+,20-/m1/s1. The molecule has 1 saturated heterocycles.